The standard InChI is InChI=1S/C20H19NO5/c1-22-18-9-14(10-19(23-2)20(18)24-3)15-11-17(26-21-15)12-4-5-16-13(8-12)6-7-25-16/h4-10,17H,11H2,1-3H3. The molecule has 0 spiro atoms. The number of ether oxygens (including phenoxy) is 3. The highest BCUT2D eigenvalue weighted by Gasteiger charge is 2.26. The predicted molar refractivity (Wildman–Crippen MR) is 97.3 cm³/mol. The van der Waals surface area contributed by atoms with E-state index in [1.54, 1.807) is 27.6 Å². The molecule has 1 aliphatic heterocycles. The van der Waals surface area contributed by atoms with Crippen LogP contribution >= 0.6 is 0 Å². The van der Waals surface area contributed by atoms with E-state index >= 15 is 0 Å². The fourth-order valence-corrected chi connectivity index (χ4v) is 3.16. The summed E-state index contributed by atoms with van der Waals surface area (Å²) in [4.78, 5) is 5.68. The Bertz CT molecular complexity index is 950. The maximum atomic E-state index is 5.68. The second kappa shape index (κ2) is 6.63. The molecule has 26 heavy (non-hydrogen) atoms. The average Bonchev–Trinajstić information content (AvgIpc) is 3.35. The minimum atomic E-state index is -0.136. The lowest BCUT2D eigenvalue weighted by Crippen LogP contribution is -2.04. The van der Waals surface area contributed by atoms with Crippen molar-refractivity contribution in [1.82, 2.24) is 0 Å². The molecule has 0 fully saturated rings. The van der Waals surface area contributed by atoms with Gasteiger partial charge in [-0.1, -0.05) is 11.2 Å². The zero-order valence-electron chi connectivity index (χ0n) is 14.8. The smallest absolute Gasteiger partial charge is 0.203 e. The van der Waals surface area contributed by atoms with E-state index in [2.05, 4.69) is 11.2 Å². The first-order valence-electron chi connectivity index (χ1n) is 8.23. The van der Waals surface area contributed by atoms with Gasteiger partial charge >= 0.3 is 0 Å². The van der Waals surface area contributed by atoms with E-state index in [9.17, 15) is 0 Å². The molecule has 1 aliphatic rings. The van der Waals surface area contributed by atoms with Gasteiger partial charge in [0.2, 0.25) is 5.75 Å². The van der Waals surface area contributed by atoms with Crippen molar-refractivity contribution in [3.05, 3.63) is 53.8 Å². The summed E-state index contributed by atoms with van der Waals surface area (Å²) >= 11 is 0. The number of hydrogen-bond acceptors (Lipinski definition) is 6. The molecule has 0 bridgehead atoms. The number of rotatable bonds is 5. The highest BCUT2D eigenvalue weighted by Crippen LogP contribution is 2.40. The summed E-state index contributed by atoms with van der Waals surface area (Å²) < 4.78 is 21.6. The Balaban J connectivity index is 1.61. The minimum Gasteiger partial charge on any atom is -0.493 e. The average molecular weight is 353 g/mol. The van der Waals surface area contributed by atoms with Crippen molar-refractivity contribution in [3.8, 4) is 17.2 Å². The van der Waals surface area contributed by atoms with Gasteiger partial charge in [-0.15, -0.1) is 0 Å². The lowest BCUT2D eigenvalue weighted by molar-refractivity contribution is 0.0858. The second-order valence-corrected chi connectivity index (χ2v) is 5.97. The van der Waals surface area contributed by atoms with E-state index in [0.717, 1.165) is 27.8 Å². The summed E-state index contributed by atoms with van der Waals surface area (Å²) in [7, 11) is 4.77. The van der Waals surface area contributed by atoms with Gasteiger partial charge < -0.3 is 23.5 Å². The molecular formula is C20H19NO5. The van der Waals surface area contributed by atoms with Crippen LogP contribution < -0.4 is 14.2 Å². The second-order valence-electron chi connectivity index (χ2n) is 5.97. The molecule has 6 nitrogen and oxygen atoms in total. The molecule has 3 aromatic rings. The summed E-state index contributed by atoms with van der Waals surface area (Å²) in [5.41, 5.74) is 3.63. The van der Waals surface area contributed by atoms with Crippen LogP contribution in [0.1, 0.15) is 23.7 Å². The molecule has 134 valence electrons. The van der Waals surface area contributed by atoms with Gasteiger partial charge in [0.15, 0.2) is 17.6 Å². The van der Waals surface area contributed by atoms with Gasteiger partial charge in [0.1, 0.15) is 5.58 Å². The Morgan fingerprint density at radius 3 is 2.42 bits per heavy atom. The summed E-state index contributed by atoms with van der Waals surface area (Å²) in [6.07, 6.45) is 2.20. The number of fused-ring (bicyclic) bond motifs is 1. The fourth-order valence-electron chi connectivity index (χ4n) is 3.16. The Morgan fingerprint density at radius 1 is 0.962 bits per heavy atom. The van der Waals surface area contributed by atoms with E-state index in [-0.39, 0.29) is 6.10 Å². The maximum Gasteiger partial charge on any atom is 0.203 e. The highest BCUT2D eigenvalue weighted by molar-refractivity contribution is 6.02. The largest absolute Gasteiger partial charge is 0.493 e. The highest BCUT2D eigenvalue weighted by atomic mass is 16.6. The van der Waals surface area contributed by atoms with Crippen molar-refractivity contribution >= 4 is 16.7 Å². The number of oxime groups is 1. The molecule has 0 saturated heterocycles. The Kier molecular flexibility index (Phi) is 4.16. The molecule has 0 amide bonds. The Morgan fingerprint density at radius 2 is 1.73 bits per heavy atom. The predicted octanol–water partition coefficient (Wildman–Crippen LogP) is 4.32. The lowest BCUT2D eigenvalue weighted by Gasteiger charge is -2.14. The monoisotopic (exact) mass is 353 g/mol. The topological polar surface area (TPSA) is 62.4 Å². The van der Waals surface area contributed by atoms with Crippen molar-refractivity contribution in [2.75, 3.05) is 21.3 Å². The van der Waals surface area contributed by atoms with Gasteiger partial charge in [0.05, 0.1) is 33.3 Å². The molecule has 0 radical (unpaired) electrons. The summed E-state index contributed by atoms with van der Waals surface area (Å²) in [6, 6.07) is 11.7. The van der Waals surface area contributed by atoms with Crippen LogP contribution in [0.5, 0.6) is 17.2 Å². The molecular weight excluding hydrogens is 334 g/mol. The molecule has 1 unspecified atom stereocenters. The number of hydrogen-bond donors (Lipinski definition) is 0. The third-order valence-electron chi connectivity index (χ3n) is 4.52. The van der Waals surface area contributed by atoms with Gasteiger partial charge in [-0.05, 0) is 35.9 Å². The number of methoxy groups -OCH3 is 3. The molecule has 4 rings (SSSR count). The number of furan rings is 1. The van der Waals surface area contributed by atoms with E-state index in [4.69, 9.17) is 23.5 Å². The van der Waals surface area contributed by atoms with E-state index in [1.807, 2.05) is 30.3 Å². The first kappa shape index (κ1) is 16.3. The molecule has 0 aliphatic carbocycles. The number of benzene rings is 2. The Hall–Kier alpha value is -3.15. The summed E-state index contributed by atoms with van der Waals surface area (Å²) in [5, 5.41) is 5.33. The quantitative estimate of drug-likeness (QED) is 0.683. The summed E-state index contributed by atoms with van der Waals surface area (Å²) in [5.74, 6) is 1.74. The van der Waals surface area contributed by atoms with Crippen LogP contribution in [0.3, 0.4) is 0 Å². The van der Waals surface area contributed by atoms with Crippen LogP contribution in [-0.4, -0.2) is 27.0 Å². The normalized spacial score (nSPS) is 16.3. The van der Waals surface area contributed by atoms with Gasteiger partial charge in [0.25, 0.3) is 0 Å². The lowest BCUT2D eigenvalue weighted by atomic mass is 9.99. The zero-order valence-corrected chi connectivity index (χ0v) is 14.8. The first-order chi connectivity index (χ1) is 12.7. The van der Waals surface area contributed by atoms with Crippen molar-refractivity contribution in [1.29, 1.82) is 0 Å². The third-order valence-corrected chi connectivity index (χ3v) is 4.52. The van der Waals surface area contributed by atoms with Crippen LogP contribution in [0, 0.1) is 0 Å². The van der Waals surface area contributed by atoms with Gasteiger partial charge in [-0.2, -0.15) is 0 Å². The zero-order chi connectivity index (χ0) is 18.1. The third kappa shape index (κ3) is 2.73. The van der Waals surface area contributed by atoms with Crippen molar-refractivity contribution in [2.45, 2.75) is 12.5 Å². The maximum absolute atomic E-state index is 5.68. The first-order valence-corrected chi connectivity index (χ1v) is 8.23. The fraction of sp³-hybridized carbons (Fsp3) is 0.250. The number of nitrogens with zero attached hydrogens (tertiary/aromatic N) is 1. The van der Waals surface area contributed by atoms with E-state index in [0.29, 0.717) is 23.7 Å². The summed E-state index contributed by atoms with van der Waals surface area (Å²) in [6.45, 7) is 0. The molecule has 0 saturated carbocycles. The van der Waals surface area contributed by atoms with Crippen molar-refractivity contribution in [3.63, 3.8) is 0 Å². The SMILES string of the molecule is COc1cc(C2=NOC(c3ccc4occc4c3)C2)cc(OC)c1OC. The molecule has 6 heteroatoms. The minimum absolute atomic E-state index is 0.136. The van der Waals surface area contributed by atoms with Gasteiger partial charge in [0, 0.05) is 17.4 Å². The van der Waals surface area contributed by atoms with Crippen LogP contribution in [-0.2, 0) is 4.84 Å². The van der Waals surface area contributed by atoms with Gasteiger partial charge in [-0.25, -0.2) is 0 Å². The molecule has 1 atom stereocenters. The van der Waals surface area contributed by atoms with Crippen LogP contribution in [0.25, 0.3) is 11.0 Å². The molecule has 1 aromatic heterocycles. The van der Waals surface area contributed by atoms with Crippen molar-refractivity contribution in [2.24, 2.45) is 5.16 Å². The van der Waals surface area contributed by atoms with Crippen LogP contribution in [0.15, 0.2) is 52.2 Å². The van der Waals surface area contributed by atoms with Crippen LogP contribution in [0.4, 0.5) is 0 Å². The van der Waals surface area contributed by atoms with Crippen molar-refractivity contribution < 1.29 is 23.5 Å². The van der Waals surface area contributed by atoms with Gasteiger partial charge in [-0.3, -0.25) is 0 Å². The molecule has 2 aromatic carbocycles. The molecule has 0 N–H and O–H groups in total. The van der Waals surface area contributed by atoms with Crippen LogP contribution in [0.2, 0.25) is 0 Å². The Labute approximate surface area is 150 Å². The van der Waals surface area contributed by atoms with E-state index < -0.39 is 0 Å². The molecule has 2 heterocycles. The van der Waals surface area contributed by atoms with E-state index in [1.165, 1.54) is 0 Å².